The Labute approximate surface area is 175 Å². The summed E-state index contributed by atoms with van der Waals surface area (Å²) in [6, 6.07) is 17.9. The number of benzene rings is 2. The molecule has 3 N–H and O–H groups in total. The molecule has 3 aromatic rings. The molecule has 0 bridgehead atoms. The summed E-state index contributed by atoms with van der Waals surface area (Å²) < 4.78 is 1.44. The highest BCUT2D eigenvalue weighted by Gasteiger charge is 2.17. The van der Waals surface area contributed by atoms with Crippen molar-refractivity contribution >= 4 is 17.7 Å². The van der Waals surface area contributed by atoms with Crippen LogP contribution in [0, 0.1) is 0 Å². The van der Waals surface area contributed by atoms with Gasteiger partial charge in [0.25, 0.3) is 0 Å². The number of thioether (sulfide) groups is 1. The van der Waals surface area contributed by atoms with E-state index in [1.54, 1.807) is 0 Å². The van der Waals surface area contributed by atoms with Crippen LogP contribution in [0.25, 0.3) is 11.4 Å². The highest BCUT2D eigenvalue weighted by molar-refractivity contribution is 7.99. The van der Waals surface area contributed by atoms with Crippen LogP contribution in [-0.2, 0) is 10.2 Å². The first-order valence-corrected chi connectivity index (χ1v) is 10.5. The SMILES string of the molecule is C[C@@H](NC(=O)CSc1nnc(-c2ccc(C(C)(C)C)cc2)n1N)c1ccccc1. The third-order valence-electron chi connectivity index (χ3n) is 4.68. The number of hydrogen-bond donors (Lipinski definition) is 2. The normalized spacial score (nSPS) is 12.6. The van der Waals surface area contributed by atoms with E-state index in [0.717, 1.165) is 11.1 Å². The first-order valence-electron chi connectivity index (χ1n) is 9.54. The molecule has 0 aliphatic carbocycles. The number of hydrogen-bond acceptors (Lipinski definition) is 5. The molecule has 2 aromatic carbocycles. The molecule has 0 spiro atoms. The molecule has 0 unspecified atom stereocenters. The van der Waals surface area contributed by atoms with Gasteiger partial charge in [-0.3, -0.25) is 4.79 Å². The number of carbonyl (C=O) groups excluding carboxylic acids is 1. The van der Waals surface area contributed by atoms with Gasteiger partial charge in [-0.2, -0.15) is 0 Å². The molecular weight excluding hydrogens is 382 g/mol. The van der Waals surface area contributed by atoms with Gasteiger partial charge in [0.05, 0.1) is 11.8 Å². The third-order valence-corrected chi connectivity index (χ3v) is 5.63. The van der Waals surface area contributed by atoms with Crippen molar-refractivity contribution in [1.29, 1.82) is 0 Å². The molecule has 152 valence electrons. The molecule has 0 saturated heterocycles. The van der Waals surface area contributed by atoms with Crippen molar-refractivity contribution in [3.63, 3.8) is 0 Å². The Bertz CT molecular complexity index is 961. The van der Waals surface area contributed by atoms with Crippen molar-refractivity contribution in [1.82, 2.24) is 20.2 Å². The lowest BCUT2D eigenvalue weighted by atomic mass is 9.87. The molecule has 6 nitrogen and oxygen atoms in total. The topological polar surface area (TPSA) is 85.8 Å². The molecule has 0 aliphatic heterocycles. The summed E-state index contributed by atoms with van der Waals surface area (Å²) in [4.78, 5) is 12.3. The second-order valence-electron chi connectivity index (χ2n) is 7.99. The minimum atomic E-state index is -0.0783. The summed E-state index contributed by atoms with van der Waals surface area (Å²) in [5.41, 5.74) is 3.28. The lowest BCUT2D eigenvalue weighted by molar-refractivity contribution is -0.119. The van der Waals surface area contributed by atoms with Gasteiger partial charge in [0, 0.05) is 5.56 Å². The molecule has 1 atom stereocenters. The van der Waals surface area contributed by atoms with E-state index in [2.05, 4.69) is 48.4 Å². The number of nitrogens with two attached hydrogens (primary N) is 1. The van der Waals surface area contributed by atoms with Crippen molar-refractivity contribution in [2.75, 3.05) is 11.6 Å². The molecule has 0 fully saturated rings. The van der Waals surface area contributed by atoms with Gasteiger partial charge < -0.3 is 11.2 Å². The Morgan fingerprint density at radius 2 is 1.76 bits per heavy atom. The van der Waals surface area contributed by atoms with Crippen LogP contribution in [0.15, 0.2) is 59.8 Å². The highest BCUT2D eigenvalue weighted by atomic mass is 32.2. The Hall–Kier alpha value is -2.80. The lowest BCUT2D eigenvalue weighted by Crippen LogP contribution is -2.28. The molecule has 3 rings (SSSR count). The maximum absolute atomic E-state index is 12.3. The Morgan fingerprint density at radius 1 is 1.10 bits per heavy atom. The summed E-state index contributed by atoms with van der Waals surface area (Å²) in [5, 5.41) is 11.8. The Balaban J connectivity index is 1.62. The zero-order valence-corrected chi connectivity index (χ0v) is 18.0. The van der Waals surface area contributed by atoms with Gasteiger partial charge in [-0.25, -0.2) is 4.68 Å². The van der Waals surface area contributed by atoms with Gasteiger partial charge in [-0.1, -0.05) is 87.1 Å². The van der Waals surface area contributed by atoms with Crippen molar-refractivity contribution in [2.45, 2.75) is 44.3 Å². The zero-order chi connectivity index (χ0) is 21.0. The van der Waals surface area contributed by atoms with E-state index in [9.17, 15) is 4.79 Å². The molecule has 0 radical (unpaired) electrons. The number of amides is 1. The van der Waals surface area contributed by atoms with E-state index in [4.69, 9.17) is 5.84 Å². The summed E-state index contributed by atoms with van der Waals surface area (Å²) in [7, 11) is 0. The molecule has 1 aromatic heterocycles. The van der Waals surface area contributed by atoms with E-state index in [0.29, 0.717) is 11.0 Å². The first kappa shape index (κ1) is 20.9. The number of nitrogens with zero attached hydrogens (tertiary/aromatic N) is 3. The van der Waals surface area contributed by atoms with Crippen molar-refractivity contribution < 1.29 is 4.79 Å². The van der Waals surface area contributed by atoms with Gasteiger partial charge in [-0.15, -0.1) is 10.2 Å². The van der Waals surface area contributed by atoms with Crippen LogP contribution in [0.5, 0.6) is 0 Å². The molecule has 1 heterocycles. The van der Waals surface area contributed by atoms with Crippen LogP contribution in [0.1, 0.15) is 44.9 Å². The predicted molar refractivity (Wildman–Crippen MR) is 118 cm³/mol. The van der Waals surface area contributed by atoms with E-state index in [-0.39, 0.29) is 23.1 Å². The molecule has 7 heteroatoms. The van der Waals surface area contributed by atoms with Gasteiger partial charge in [0.1, 0.15) is 0 Å². The Morgan fingerprint density at radius 3 is 2.38 bits per heavy atom. The van der Waals surface area contributed by atoms with E-state index in [1.807, 2.05) is 49.4 Å². The summed E-state index contributed by atoms with van der Waals surface area (Å²) in [5.74, 6) is 6.89. The van der Waals surface area contributed by atoms with Gasteiger partial charge >= 0.3 is 0 Å². The van der Waals surface area contributed by atoms with E-state index >= 15 is 0 Å². The zero-order valence-electron chi connectivity index (χ0n) is 17.2. The monoisotopic (exact) mass is 409 g/mol. The quantitative estimate of drug-likeness (QED) is 0.476. The highest BCUT2D eigenvalue weighted by Crippen LogP contribution is 2.26. The predicted octanol–water partition coefficient (Wildman–Crippen LogP) is 3.93. The van der Waals surface area contributed by atoms with Crippen molar-refractivity contribution in [2.24, 2.45) is 0 Å². The molecule has 29 heavy (non-hydrogen) atoms. The largest absolute Gasteiger partial charge is 0.349 e. The second-order valence-corrected chi connectivity index (χ2v) is 8.93. The first-order chi connectivity index (χ1) is 13.8. The van der Waals surface area contributed by atoms with Crippen molar-refractivity contribution in [3.8, 4) is 11.4 Å². The third kappa shape index (κ3) is 5.17. The lowest BCUT2D eigenvalue weighted by Gasteiger charge is -2.19. The number of aromatic nitrogens is 3. The number of carbonyl (C=O) groups is 1. The maximum atomic E-state index is 12.3. The van der Waals surface area contributed by atoms with Gasteiger partial charge in [-0.05, 0) is 23.5 Å². The minimum Gasteiger partial charge on any atom is -0.349 e. The molecule has 1 amide bonds. The maximum Gasteiger partial charge on any atom is 0.230 e. The minimum absolute atomic E-state index is 0.0584. The number of nitrogen functional groups attached to an aromatic ring is 1. The smallest absolute Gasteiger partial charge is 0.230 e. The Kier molecular flexibility index (Phi) is 6.27. The average molecular weight is 410 g/mol. The summed E-state index contributed by atoms with van der Waals surface area (Å²) >= 11 is 1.27. The van der Waals surface area contributed by atoms with Crippen LogP contribution in [0.2, 0.25) is 0 Å². The molecule has 0 saturated carbocycles. The average Bonchev–Trinajstić information content (AvgIpc) is 3.07. The molecular formula is C22H27N5OS. The fourth-order valence-electron chi connectivity index (χ4n) is 2.93. The second kappa shape index (κ2) is 8.69. The summed E-state index contributed by atoms with van der Waals surface area (Å²) in [6.45, 7) is 8.48. The van der Waals surface area contributed by atoms with Crippen LogP contribution >= 0.6 is 11.8 Å². The van der Waals surface area contributed by atoms with E-state index < -0.39 is 0 Å². The fourth-order valence-corrected chi connectivity index (χ4v) is 3.60. The van der Waals surface area contributed by atoms with Crippen LogP contribution < -0.4 is 11.2 Å². The van der Waals surface area contributed by atoms with Gasteiger partial charge in [0.15, 0.2) is 5.82 Å². The number of nitrogens with one attached hydrogen (secondary N) is 1. The van der Waals surface area contributed by atoms with E-state index in [1.165, 1.54) is 22.0 Å². The van der Waals surface area contributed by atoms with Crippen LogP contribution in [0.4, 0.5) is 0 Å². The number of rotatable bonds is 6. The van der Waals surface area contributed by atoms with Crippen LogP contribution in [-0.4, -0.2) is 26.5 Å². The summed E-state index contributed by atoms with van der Waals surface area (Å²) in [6.07, 6.45) is 0. The van der Waals surface area contributed by atoms with Crippen LogP contribution in [0.3, 0.4) is 0 Å². The van der Waals surface area contributed by atoms with Gasteiger partial charge in [0.2, 0.25) is 11.1 Å². The van der Waals surface area contributed by atoms with Crippen molar-refractivity contribution in [3.05, 3.63) is 65.7 Å². The molecule has 0 aliphatic rings. The fraction of sp³-hybridized carbons (Fsp3) is 0.318. The standard InChI is InChI=1S/C22H27N5OS/c1-15(16-8-6-5-7-9-16)24-19(28)14-29-21-26-25-20(27(21)23)17-10-12-18(13-11-17)22(2,3)4/h5-13,15H,14,23H2,1-4H3,(H,24,28)/t15-/m1/s1.